The van der Waals surface area contributed by atoms with Gasteiger partial charge in [-0.1, -0.05) is 26.8 Å². The minimum Gasteiger partial charge on any atom is -0.508 e. The molecule has 0 aromatic heterocycles. The Morgan fingerprint density at radius 3 is 2.25 bits per heavy atom. The van der Waals surface area contributed by atoms with Crippen molar-refractivity contribution in [2.75, 3.05) is 26.5 Å². The molecular formula is C29H36N4O11. The molecule has 4 rings (SSSR count). The highest BCUT2D eigenvalue weighted by atomic mass is 16.5. The molecule has 7 atom stereocenters. The highest BCUT2D eigenvalue weighted by molar-refractivity contribution is 6.24. The number of methoxy groups -OCH3 is 1. The SMILES string of the molecule is COC(=O)C(NC(=O)Nc1ccc2c(c1O)C(O)=C1C(=O)C3(O)C(O)=C(C(N)=O)C(=O)C(N(C)C)C3C(O)C1C2C)C(C)C. The summed E-state index contributed by atoms with van der Waals surface area (Å²) in [5.74, 6) is -11.4. The predicted octanol–water partition coefficient (Wildman–Crippen LogP) is -0.185. The number of benzene rings is 1. The van der Waals surface area contributed by atoms with Crippen LogP contribution >= 0.6 is 0 Å². The first-order chi connectivity index (χ1) is 20.4. The first-order valence-electron chi connectivity index (χ1n) is 13.8. The van der Waals surface area contributed by atoms with Gasteiger partial charge in [-0.05, 0) is 37.6 Å². The normalized spacial score (nSPS) is 28.7. The van der Waals surface area contributed by atoms with Gasteiger partial charge < -0.3 is 46.6 Å². The van der Waals surface area contributed by atoms with Gasteiger partial charge in [0.2, 0.25) is 5.78 Å². The van der Waals surface area contributed by atoms with Crippen LogP contribution in [0, 0.1) is 17.8 Å². The molecule has 0 bridgehead atoms. The minimum atomic E-state index is -3.05. The van der Waals surface area contributed by atoms with E-state index in [9.17, 15) is 49.5 Å². The molecule has 3 amide bonds. The number of carbonyl (C=O) groups is 5. The van der Waals surface area contributed by atoms with Crippen molar-refractivity contribution in [3.05, 3.63) is 40.2 Å². The highest BCUT2D eigenvalue weighted by Gasteiger charge is 2.68. The minimum absolute atomic E-state index is 0.221. The fraction of sp³-hybridized carbons (Fsp3) is 0.483. The number of nitrogens with two attached hydrogens (primary N) is 1. The average molecular weight is 617 g/mol. The lowest BCUT2D eigenvalue weighted by molar-refractivity contribution is -0.169. The van der Waals surface area contributed by atoms with Gasteiger partial charge in [-0.15, -0.1) is 0 Å². The summed E-state index contributed by atoms with van der Waals surface area (Å²) >= 11 is 0. The van der Waals surface area contributed by atoms with Crippen molar-refractivity contribution in [3.8, 4) is 5.75 Å². The Hall–Kier alpha value is -4.47. The largest absolute Gasteiger partial charge is 0.508 e. The van der Waals surface area contributed by atoms with E-state index in [0.717, 1.165) is 7.11 Å². The Morgan fingerprint density at radius 2 is 1.73 bits per heavy atom. The number of aliphatic hydroxyl groups excluding tert-OH is 3. The number of aromatic hydroxyl groups is 1. The average Bonchev–Trinajstić information content (AvgIpc) is 2.93. The van der Waals surface area contributed by atoms with Gasteiger partial charge in [0.05, 0.1) is 36.4 Å². The van der Waals surface area contributed by atoms with Crippen molar-refractivity contribution in [3.63, 3.8) is 0 Å². The topological polar surface area (TPSA) is 249 Å². The molecule has 44 heavy (non-hydrogen) atoms. The number of phenolic OH excluding ortho intramolecular Hbond substituents is 1. The van der Waals surface area contributed by atoms with E-state index in [4.69, 9.17) is 10.5 Å². The Kier molecular flexibility index (Phi) is 8.28. The number of hydrogen-bond acceptors (Lipinski definition) is 12. The van der Waals surface area contributed by atoms with Gasteiger partial charge in [0.25, 0.3) is 5.91 Å². The van der Waals surface area contributed by atoms with E-state index in [2.05, 4.69) is 10.6 Å². The number of ether oxygens (including phenoxy) is 1. The van der Waals surface area contributed by atoms with Crippen molar-refractivity contribution in [1.29, 1.82) is 0 Å². The maximum absolute atomic E-state index is 14.1. The van der Waals surface area contributed by atoms with Gasteiger partial charge in [0.1, 0.15) is 28.9 Å². The van der Waals surface area contributed by atoms with E-state index in [1.165, 1.54) is 31.1 Å². The van der Waals surface area contributed by atoms with Crippen LogP contribution in [0.3, 0.4) is 0 Å². The first kappa shape index (κ1) is 32.4. The quantitative estimate of drug-likeness (QED) is 0.118. The Bertz CT molecular complexity index is 1530. The number of ketones is 2. The van der Waals surface area contributed by atoms with Crippen molar-refractivity contribution < 1.29 is 54.2 Å². The number of rotatable bonds is 6. The lowest BCUT2D eigenvalue weighted by atomic mass is 9.54. The molecule has 0 spiro atoms. The number of aliphatic hydroxyl groups is 4. The molecule has 0 saturated heterocycles. The molecule has 1 aromatic rings. The molecule has 0 heterocycles. The van der Waals surface area contributed by atoms with Crippen molar-refractivity contribution in [2.45, 2.75) is 50.5 Å². The summed E-state index contributed by atoms with van der Waals surface area (Å²) in [5, 5.41) is 61.9. The fourth-order valence-electron chi connectivity index (χ4n) is 6.64. The van der Waals surface area contributed by atoms with Crippen LogP contribution in [0.2, 0.25) is 0 Å². The summed E-state index contributed by atoms with van der Waals surface area (Å²) in [7, 11) is 4.00. The number of Topliss-reactive ketones (excluding diaryl/α,β-unsaturated/α-hetero) is 2. The fourth-order valence-corrected chi connectivity index (χ4v) is 6.64. The van der Waals surface area contributed by atoms with Gasteiger partial charge in [-0.3, -0.25) is 19.3 Å². The molecule has 9 N–H and O–H groups in total. The summed E-state index contributed by atoms with van der Waals surface area (Å²) in [6.07, 6.45) is -1.73. The zero-order chi connectivity index (χ0) is 33.2. The molecule has 1 fully saturated rings. The predicted molar refractivity (Wildman–Crippen MR) is 153 cm³/mol. The van der Waals surface area contributed by atoms with E-state index < -0.39 is 99.4 Å². The molecular weight excluding hydrogens is 580 g/mol. The summed E-state index contributed by atoms with van der Waals surface area (Å²) in [5.41, 5.74) is 0.428. The van der Waals surface area contributed by atoms with Crippen molar-refractivity contribution in [2.24, 2.45) is 23.5 Å². The number of fused-ring (bicyclic) bond motifs is 3. The van der Waals surface area contributed by atoms with Crippen LogP contribution in [-0.2, 0) is 23.9 Å². The van der Waals surface area contributed by atoms with Gasteiger partial charge in [0, 0.05) is 11.5 Å². The number of amides is 3. The standard InChI is InChI=1S/C29H36N4O11/c1-9(2)18(27(41)44-6)32-28(42)31-12-8-7-11-10(3)13-15(21(35)14(11)20(12)34)24(38)29(43)17(22(13)36)19(33(4)5)23(37)16(25(29)39)26(30)40/h7-10,13,17-19,22,34-36,39,43H,1-6H3,(H2,30,40)(H2,31,32,42). The van der Waals surface area contributed by atoms with Crippen LogP contribution < -0.4 is 16.4 Å². The third kappa shape index (κ3) is 4.58. The van der Waals surface area contributed by atoms with Gasteiger partial charge in [-0.2, -0.15) is 0 Å². The van der Waals surface area contributed by atoms with Crippen molar-refractivity contribution >= 4 is 40.9 Å². The number of nitrogens with one attached hydrogen (secondary N) is 2. The molecule has 3 aliphatic rings. The van der Waals surface area contributed by atoms with Crippen LogP contribution in [0.5, 0.6) is 5.75 Å². The molecule has 238 valence electrons. The van der Waals surface area contributed by atoms with E-state index in [0.29, 0.717) is 0 Å². The third-order valence-corrected chi connectivity index (χ3v) is 8.79. The van der Waals surface area contributed by atoms with Crippen LogP contribution in [0.1, 0.15) is 37.8 Å². The Balaban J connectivity index is 1.85. The molecule has 7 unspecified atom stereocenters. The van der Waals surface area contributed by atoms with Gasteiger partial charge >= 0.3 is 12.0 Å². The maximum atomic E-state index is 14.1. The smallest absolute Gasteiger partial charge is 0.328 e. The second-order valence-corrected chi connectivity index (χ2v) is 11.8. The van der Waals surface area contributed by atoms with Crippen molar-refractivity contribution in [1.82, 2.24) is 10.2 Å². The lowest BCUT2D eigenvalue weighted by Gasteiger charge is -2.53. The number of likely N-dealkylation sites (N-methyl/N-ethyl adjacent to an activating group) is 1. The van der Waals surface area contributed by atoms with Crippen LogP contribution in [0.4, 0.5) is 10.5 Å². The van der Waals surface area contributed by atoms with Gasteiger partial charge in [0.15, 0.2) is 11.4 Å². The zero-order valence-electron chi connectivity index (χ0n) is 24.9. The number of carbonyl (C=O) groups excluding carboxylic acids is 5. The number of hydrogen-bond donors (Lipinski definition) is 8. The molecule has 15 nitrogen and oxygen atoms in total. The summed E-state index contributed by atoms with van der Waals surface area (Å²) in [6, 6.07) is -0.620. The molecule has 0 radical (unpaired) electrons. The lowest BCUT2D eigenvalue weighted by Crippen LogP contribution is -2.70. The number of primary amides is 1. The second kappa shape index (κ2) is 11.2. The molecule has 0 aliphatic heterocycles. The molecule has 15 heteroatoms. The summed E-state index contributed by atoms with van der Waals surface area (Å²) in [6.45, 7) is 4.94. The number of phenols is 1. The number of urea groups is 1. The maximum Gasteiger partial charge on any atom is 0.328 e. The van der Waals surface area contributed by atoms with Crippen LogP contribution in [-0.4, -0.2) is 105 Å². The van der Waals surface area contributed by atoms with Crippen LogP contribution in [0.15, 0.2) is 29.0 Å². The number of nitrogens with zero attached hydrogens (tertiary/aromatic N) is 1. The molecule has 1 aromatic carbocycles. The zero-order valence-corrected chi connectivity index (χ0v) is 24.9. The first-order valence-corrected chi connectivity index (χ1v) is 13.8. The van der Waals surface area contributed by atoms with E-state index >= 15 is 0 Å². The number of esters is 1. The Labute approximate surface area is 252 Å². The van der Waals surface area contributed by atoms with Crippen LogP contribution in [0.25, 0.3) is 5.76 Å². The van der Waals surface area contributed by atoms with Gasteiger partial charge in [-0.25, -0.2) is 9.59 Å². The number of anilines is 1. The Morgan fingerprint density at radius 1 is 1.11 bits per heavy atom. The van der Waals surface area contributed by atoms with E-state index in [1.54, 1.807) is 20.8 Å². The highest BCUT2D eigenvalue weighted by Crippen LogP contribution is 2.56. The molecule has 1 saturated carbocycles. The van der Waals surface area contributed by atoms with E-state index in [1.807, 2.05) is 0 Å². The molecule has 3 aliphatic carbocycles. The summed E-state index contributed by atoms with van der Waals surface area (Å²) < 4.78 is 4.71. The third-order valence-electron chi connectivity index (χ3n) is 8.79. The summed E-state index contributed by atoms with van der Waals surface area (Å²) in [4.78, 5) is 65.5. The van der Waals surface area contributed by atoms with E-state index in [-0.39, 0.29) is 22.7 Å². The second-order valence-electron chi connectivity index (χ2n) is 11.8. The monoisotopic (exact) mass is 616 g/mol.